The Hall–Kier alpha value is -1.13. The molecule has 0 heterocycles. The summed E-state index contributed by atoms with van der Waals surface area (Å²) in [6.07, 6.45) is 61.8. The molecule has 0 radical (unpaired) electrons. The summed E-state index contributed by atoms with van der Waals surface area (Å²) in [6, 6.07) is -0.635. The lowest BCUT2D eigenvalue weighted by molar-refractivity contribution is -0.123. The van der Waals surface area contributed by atoms with Crippen molar-refractivity contribution >= 4 is 5.91 Å². The van der Waals surface area contributed by atoms with Crippen molar-refractivity contribution in [3.63, 3.8) is 0 Å². The number of carbonyl (C=O) groups excluding carboxylic acids is 1. The van der Waals surface area contributed by atoms with E-state index in [9.17, 15) is 15.0 Å². The summed E-state index contributed by atoms with van der Waals surface area (Å²) in [5, 5.41) is 23.0. The molecule has 0 aliphatic carbocycles. The molecule has 0 fully saturated rings. The van der Waals surface area contributed by atoms with E-state index in [2.05, 4.69) is 31.3 Å². The number of nitrogens with one attached hydrogen (secondary N) is 1. The smallest absolute Gasteiger partial charge is 0.220 e. The second kappa shape index (κ2) is 47.2. The Balaban J connectivity index is 3.51. The van der Waals surface area contributed by atoms with E-state index < -0.39 is 12.1 Å². The fourth-order valence-corrected chi connectivity index (χ4v) is 7.84. The van der Waals surface area contributed by atoms with Crippen LogP contribution in [0.3, 0.4) is 0 Å². The van der Waals surface area contributed by atoms with Gasteiger partial charge in [0.25, 0.3) is 0 Å². The van der Waals surface area contributed by atoms with Crippen LogP contribution in [-0.2, 0) is 4.79 Å². The number of aliphatic hydroxyl groups excluding tert-OH is 2. The van der Waals surface area contributed by atoms with Crippen LogP contribution in [0.5, 0.6) is 0 Å². The van der Waals surface area contributed by atoms with Crippen LogP contribution in [0.4, 0.5) is 0 Å². The van der Waals surface area contributed by atoms with E-state index in [1.54, 1.807) is 6.08 Å². The van der Waals surface area contributed by atoms with Gasteiger partial charge in [-0.2, -0.15) is 0 Å². The molecular formula is C51H99NO3. The Morgan fingerprint density at radius 2 is 0.709 bits per heavy atom. The molecule has 2 atom stereocenters. The Labute approximate surface area is 345 Å². The van der Waals surface area contributed by atoms with Gasteiger partial charge in [-0.15, -0.1) is 0 Å². The maximum Gasteiger partial charge on any atom is 0.220 e. The standard InChI is InChI=1S/C51H99NO3/c1-3-5-7-9-11-13-15-17-19-20-21-22-23-24-25-26-27-28-29-30-31-33-34-36-38-40-42-44-46-50(54)49(48-53)52-51(55)47-45-43-41-39-37-35-32-18-16-14-12-10-8-6-4-2/h36,38,44,46,49-50,53-54H,3-35,37,39-43,45,47-48H2,1-2H3,(H,52,55)/b38-36+,46-44+. The number of hydrogen-bond acceptors (Lipinski definition) is 3. The molecule has 0 aromatic carbocycles. The summed E-state index contributed by atoms with van der Waals surface area (Å²) >= 11 is 0. The van der Waals surface area contributed by atoms with Crippen molar-refractivity contribution in [1.82, 2.24) is 5.32 Å². The third kappa shape index (κ3) is 43.8. The number of unbranched alkanes of at least 4 members (excludes halogenated alkanes) is 37. The van der Waals surface area contributed by atoms with Crippen molar-refractivity contribution in [2.75, 3.05) is 6.61 Å². The molecule has 1 amide bonds. The predicted molar refractivity (Wildman–Crippen MR) is 244 cm³/mol. The number of allylic oxidation sites excluding steroid dienone is 3. The highest BCUT2D eigenvalue weighted by atomic mass is 16.3. The van der Waals surface area contributed by atoms with Crippen molar-refractivity contribution in [3.8, 4) is 0 Å². The van der Waals surface area contributed by atoms with Gasteiger partial charge in [0.2, 0.25) is 5.91 Å². The third-order valence-corrected chi connectivity index (χ3v) is 11.7. The number of amides is 1. The lowest BCUT2D eigenvalue weighted by Gasteiger charge is -2.19. The van der Waals surface area contributed by atoms with Crippen molar-refractivity contribution in [2.45, 2.75) is 289 Å². The van der Waals surface area contributed by atoms with Gasteiger partial charge in [0.15, 0.2) is 0 Å². The van der Waals surface area contributed by atoms with Crippen LogP contribution in [0.15, 0.2) is 24.3 Å². The summed E-state index contributed by atoms with van der Waals surface area (Å²) in [4.78, 5) is 12.4. The number of aliphatic hydroxyl groups is 2. The van der Waals surface area contributed by atoms with Crippen LogP contribution in [0.1, 0.15) is 277 Å². The minimum Gasteiger partial charge on any atom is -0.394 e. The van der Waals surface area contributed by atoms with Crippen LogP contribution in [0.2, 0.25) is 0 Å². The first-order valence-electron chi connectivity index (χ1n) is 25.1. The number of carbonyl (C=O) groups is 1. The third-order valence-electron chi connectivity index (χ3n) is 11.7. The highest BCUT2D eigenvalue weighted by molar-refractivity contribution is 5.76. The van der Waals surface area contributed by atoms with Gasteiger partial charge in [-0.05, 0) is 32.1 Å². The molecule has 0 aromatic rings. The number of rotatable bonds is 46. The summed E-state index contributed by atoms with van der Waals surface area (Å²) in [5.74, 6) is -0.0699. The molecule has 0 spiro atoms. The summed E-state index contributed by atoms with van der Waals surface area (Å²) in [5.41, 5.74) is 0. The van der Waals surface area contributed by atoms with Gasteiger partial charge >= 0.3 is 0 Å². The van der Waals surface area contributed by atoms with Crippen LogP contribution < -0.4 is 5.32 Å². The Bertz CT molecular complexity index is 795. The molecule has 0 saturated carbocycles. The first kappa shape index (κ1) is 53.9. The van der Waals surface area contributed by atoms with Crippen molar-refractivity contribution in [2.24, 2.45) is 0 Å². The van der Waals surface area contributed by atoms with E-state index in [-0.39, 0.29) is 12.5 Å². The van der Waals surface area contributed by atoms with Crippen molar-refractivity contribution in [3.05, 3.63) is 24.3 Å². The van der Waals surface area contributed by atoms with E-state index in [1.807, 2.05) is 6.08 Å². The molecule has 3 N–H and O–H groups in total. The second-order valence-electron chi connectivity index (χ2n) is 17.2. The molecule has 0 bridgehead atoms. The maximum absolute atomic E-state index is 12.4. The molecule has 0 aliphatic heterocycles. The van der Waals surface area contributed by atoms with Gasteiger partial charge in [0.1, 0.15) is 0 Å². The topological polar surface area (TPSA) is 69.6 Å². The summed E-state index contributed by atoms with van der Waals surface area (Å²) in [6.45, 7) is 4.32. The van der Waals surface area contributed by atoms with Crippen LogP contribution in [-0.4, -0.2) is 34.9 Å². The fourth-order valence-electron chi connectivity index (χ4n) is 7.84. The van der Waals surface area contributed by atoms with Gasteiger partial charge in [-0.25, -0.2) is 0 Å². The SMILES string of the molecule is CCCCCCCCCCCCCCCCCCCCCCCC/C=C/CC/C=C/C(O)C(CO)NC(=O)CCCCCCCCCCCCCCCCC. The van der Waals surface area contributed by atoms with Gasteiger partial charge in [-0.1, -0.05) is 263 Å². The zero-order valence-electron chi connectivity index (χ0n) is 37.5. The Morgan fingerprint density at radius 3 is 1.05 bits per heavy atom. The average molecular weight is 774 g/mol. The lowest BCUT2D eigenvalue weighted by atomic mass is 10.0. The van der Waals surface area contributed by atoms with Gasteiger partial charge in [0, 0.05) is 6.42 Å². The lowest BCUT2D eigenvalue weighted by Crippen LogP contribution is -2.45. The monoisotopic (exact) mass is 774 g/mol. The Morgan fingerprint density at radius 1 is 0.418 bits per heavy atom. The summed E-state index contributed by atoms with van der Waals surface area (Å²) < 4.78 is 0. The quantitative estimate of drug-likeness (QED) is 0.0426. The van der Waals surface area contributed by atoms with E-state index >= 15 is 0 Å². The fraction of sp³-hybridized carbons (Fsp3) is 0.902. The van der Waals surface area contributed by atoms with Gasteiger partial charge in [0.05, 0.1) is 18.8 Å². The molecule has 0 rings (SSSR count). The molecule has 4 nitrogen and oxygen atoms in total. The molecule has 55 heavy (non-hydrogen) atoms. The molecule has 0 saturated heterocycles. The average Bonchev–Trinajstić information content (AvgIpc) is 3.19. The van der Waals surface area contributed by atoms with E-state index in [0.29, 0.717) is 6.42 Å². The van der Waals surface area contributed by atoms with Crippen LogP contribution in [0, 0.1) is 0 Å². The Kier molecular flexibility index (Phi) is 46.3. The highest BCUT2D eigenvalue weighted by Crippen LogP contribution is 2.17. The first-order valence-corrected chi connectivity index (χ1v) is 25.1. The molecule has 4 heteroatoms. The zero-order chi connectivity index (χ0) is 40.0. The number of hydrogen-bond donors (Lipinski definition) is 3. The molecule has 0 aromatic heterocycles. The van der Waals surface area contributed by atoms with Gasteiger partial charge < -0.3 is 15.5 Å². The summed E-state index contributed by atoms with van der Waals surface area (Å²) in [7, 11) is 0. The highest BCUT2D eigenvalue weighted by Gasteiger charge is 2.17. The zero-order valence-corrected chi connectivity index (χ0v) is 37.5. The van der Waals surface area contributed by atoms with Crippen molar-refractivity contribution in [1.29, 1.82) is 0 Å². The second-order valence-corrected chi connectivity index (χ2v) is 17.2. The first-order chi connectivity index (χ1) is 27.2. The minimum absolute atomic E-state index is 0.0699. The molecule has 0 aliphatic rings. The molecular weight excluding hydrogens is 675 g/mol. The van der Waals surface area contributed by atoms with Crippen LogP contribution in [0.25, 0.3) is 0 Å². The van der Waals surface area contributed by atoms with Crippen molar-refractivity contribution < 1.29 is 15.0 Å². The molecule has 326 valence electrons. The van der Waals surface area contributed by atoms with E-state index in [1.165, 1.54) is 225 Å². The van der Waals surface area contributed by atoms with E-state index in [0.717, 1.165) is 32.1 Å². The largest absolute Gasteiger partial charge is 0.394 e. The minimum atomic E-state index is -0.858. The van der Waals surface area contributed by atoms with E-state index in [4.69, 9.17) is 0 Å². The normalized spacial score (nSPS) is 13.0. The van der Waals surface area contributed by atoms with Gasteiger partial charge in [-0.3, -0.25) is 4.79 Å². The molecule has 2 unspecified atom stereocenters. The predicted octanol–water partition coefficient (Wildman–Crippen LogP) is 16.0. The maximum atomic E-state index is 12.4. The van der Waals surface area contributed by atoms with Crippen LogP contribution >= 0.6 is 0 Å².